The third-order valence-corrected chi connectivity index (χ3v) is 4.24. The zero-order valence-corrected chi connectivity index (χ0v) is 14.2. The van der Waals surface area contributed by atoms with Gasteiger partial charge in [0.2, 0.25) is 0 Å². The summed E-state index contributed by atoms with van der Waals surface area (Å²) in [7, 11) is 1.75. The molecule has 0 amide bonds. The number of fused-ring (bicyclic) bond motifs is 1. The molecule has 1 unspecified atom stereocenters. The van der Waals surface area contributed by atoms with Crippen LogP contribution in [0.25, 0.3) is 0 Å². The first kappa shape index (κ1) is 16.1. The van der Waals surface area contributed by atoms with E-state index in [1.165, 1.54) is 11.8 Å². The molecule has 0 radical (unpaired) electrons. The predicted molar refractivity (Wildman–Crippen MR) is 88.2 cm³/mol. The van der Waals surface area contributed by atoms with E-state index in [1.54, 1.807) is 43.2 Å². The topological polar surface area (TPSA) is 85.6 Å². The van der Waals surface area contributed by atoms with Crippen LogP contribution in [0.1, 0.15) is 31.3 Å². The minimum absolute atomic E-state index is 0.547. The normalized spacial score (nSPS) is 18.3. The molecule has 0 aliphatic carbocycles. The van der Waals surface area contributed by atoms with Gasteiger partial charge >= 0.3 is 0 Å². The van der Waals surface area contributed by atoms with Crippen LogP contribution in [-0.2, 0) is 5.60 Å². The standard InChI is InChI=1S/C15H19N5O2S/c1-15(2,22)10-6-5-7-11(17-10)20-12-9(13(21)19(20)3)8-16-14(18-12)23-4/h5-8,13,21-22H,1-4H3. The van der Waals surface area contributed by atoms with E-state index >= 15 is 0 Å². The number of nitrogens with zero attached hydrogens (tertiary/aromatic N) is 5. The molecular formula is C15H19N5O2S. The van der Waals surface area contributed by atoms with Crippen LogP contribution in [0.5, 0.6) is 0 Å². The quantitative estimate of drug-likeness (QED) is 0.650. The van der Waals surface area contributed by atoms with Crippen LogP contribution in [0.15, 0.2) is 29.6 Å². The maximum atomic E-state index is 10.4. The Bertz CT molecular complexity index is 734. The van der Waals surface area contributed by atoms with Crippen LogP contribution < -0.4 is 5.01 Å². The van der Waals surface area contributed by atoms with Crippen molar-refractivity contribution in [3.05, 3.63) is 35.7 Å². The Morgan fingerprint density at radius 3 is 2.65 bits per heavy atom. The van der Waals surface area contributed by atoms with E-state index in [-0.39, 0.29) is 0 Å². The average molecular weight is 333 g/mol. The zero-order chi connectivity index (χ0) is 16.8. The van der Waals surface area contributed by atoms with Gasteiger partial charge in [-0.15, -0.1) is 0 Å². The number of hydrazine groups is 1. The number of pyridine rings is 1. The van der Waals surface area contributed by atoms with Gasteiger partial charge < -0.3 is 10.2 Å². The molecule has 2 N–H and O–H groups in total. The lowest BCUT2D eigenvalue weighted by molar-refractivity contribution is 0.0355. The van der Waals surface area contributed by atoms with E-state index < -0.39 is 11.8 Å². The summed E-state index contributed by atoms with van der Waals surface area (Å²) in [6.45, 7) is 3.37. The number of hydrogen-bond donors (Lipinski definition) is 2. The second-order valence-electron chi connectivity index (χ2n) is 5.83. The minimum atomic E-state index is -1.05. The zero-order valence-electron chi connectivity index (χ0n) is 13.4. The van der Waals surface area contributed by atoms with Gasteiger partial charge in [0.1, 0.15) is 11.4 Å². The van der Waals surface area contributed by atoms with Crippen molar-refractivity contribution in [2.24, 2.45) is 0 Å². The van der Waals surface area contributed by atoms with Gasteiger partial charge in [0.25, 0.3) is 0 Å². The smallest absolute Gasteiger partial charge is 0.189 e. The van der Waals surface area contributed by atoms with Gasteiger partial charge in [0.15, 0.2) is 17.2 Å². The van der Waals surface area contributed by atoms with Crippen molar-refractivity contribution >= 4 is 23.4 Å². The molecule has 2 aromatic heterocycles. The second-order valence-corrected chi connectivity index (χ2v) is 6.61. The summed E-state index contributed by atoms with van der Waals surface area (Å²) in [5.41, 5.74) is 0.123. The highest BCUT2D eigenvalue weighted by atomic mass is 32.2. The number of aliphatic hydroxyl groups excluding tert-OH is 1. The van der Waals surface area contributed by atoms with E-state index in [4.69, 9.17) is 0 Å². The van der Waals surface area contributed by atoms with Crippen molar-refractivity contribution in [1.29, 1.82) is 0 Å². The molecule has 1 aliphatic rings. The van der Waals surface area contributed by atoms with Gasteiger partial charge in [-0.2, -0.15) is 5.01 Å². The summed E-state index contributed by atoms with van der Waals surface area (Å²) in [6, 6.07) is 5.41. The molecule has 122 valence electrons. The van der Waals surface area contributed by atoms with Crippen molar-refractivity contribution in [2.45, 2.75) is 30.8 Å². The molecule has 1 aliphatic heterocycles. The summed E-state index contributed by atoms with van der Waals surface area (Å²) in [5.74, 6) is 1.18. The summed E-state index contributed by atoms with van der Waals surface area (Å²) in [5, 5.41) is 24.6. The average Bonchev–Trinajstić information content (AvgIpc) is 2.77. The van der Waals surface area contributed by atoms with E-state index in [0.29, 0.717) is 28.0 Å². The highest BCUT2D eigenvalue weighted by Crippen LogP contribution is 2.40. The first-order valence-corrected chi connectivity index (χ1v) is 8.37. The Morgan fingerprint density at radius 2 is 2.00 bits per heavy atom. The van der Waals surface area contributed by atoms with Crippen LogP contribution >= 0.6 is 11.8 Å². The van der Waals surface area contributed by atoms with Crippen molar-refractivity contribution in [2.75, 3.05) is 18.3 Å². The molecule has 0 spiro atoms. The first-order chi connectivity index (χ1) is 10.8. The maximum Gasteiger partial charge on any atom is 0.189 e. The molecule has 8 heteroatoms. The molecule has 23 heavy (non-hydrogen) atoms. The van der Waals surface area contributed by atoms with Crippen molar-refractivity contribution in [1.82, 2.24) is 20.0 Å². The molecule has 0 fully saturated rings. The summed E-state index contributed by atoms with van der Waals surface area (Å²) in [6.07, 6.45) is 2.69. The molecule has 0 saturated heterocycles. The van der Waals surface area contributed by atoms with Gasteiger partial charge in [0.05, 0.1) is 11.3 Å². The fraction of sp³-hybridized carbons (Fsp3) is 0.400. The first-order valence-electron chi connectivity index (χ1n) is 7.14. The highest BCUT2D eigenvalue weighted by molar-refractivity contribution is 7.98. The van der Waals surface area contributed by atoms with Crippen molar-refractivity contribution < 1.29 is 10.2 Å². The maximum absolute atomic E-state index is 10.4. The largest absolute Gasteiger partial charge is 0.384 e. The molecular weight excluding hydrogens is 314 g/mol. The van der Waals surface area contributed by atoms with Crippen LogP contribution in [0.4, 0.5) is 11.6 Å². The fourth-order valence-electron chi connectivity index (χ4n) is 2.43. The monoisotopic (exact) mass is 333 g/mol. The summed E-state index contributed by atoms with van der Waals surface area (Å²) < 4.78 is 0. The van der Waals surface area contributed by atoms with E-state index in [9.17, 15) is 10.2 Å². The van der Waals surface area contributed by atoms with Gasteiger partial charge in [-0.1, -0.05) is 17.8 Å². The van der Waals surface area contributed by atoms with Gasteiger partial charge in [-0.3, -0.25) is 0 Å². The summed E-state index contributed by atoms with van der Waals surface area (Å²) >= 11 is 1.43. The highest BCUT2D eigenvalue weighted by Gasteiger charge is 2.37. The molecule has 0 saturated carbocycles. The SMILES string of the molecule is CSc1ncc2c(n1)N(c1cccc(C(C)(C)O)n1)N(C)C2O. The minimum Gasteiger partial charge on any atom is -0.384 e. The fourth-order valence-corrected chi connectivity index (χ4v) is 2.76. The summed E-state index contributed by atoms with van der Waals surface area (Å²) in [4.78, 5) is 13.2. The Balaban J connectivity index is 2.11. The molecule has 2 aromatic rings. The van der Waals surface area contributed by atoms with E-state index in [0.717, 1.165) is 0 Å². The molecule has 7 nitrogen and oxygen atoms in total. The van der Waals surface area contributed by atoms with Gasteiger partial charge in [-0.25, -0.2) is 20.0 Å². The lowest BCUT2D eigenvalue weighted by Gasteiger charge is -2.27. The molecule has 3 rings (SSSR count). The Labute approximate surface area is 139 Å². The van der Waals surface area contributed by atoms with Crippen LogP contribution in [0.2, 0.25) is 0 Å². The lowest BCUT2D eigenvalue weighted by atomic mass is 10.1. The van der Waals surface area contributed by atoms with Gasteiger partial charge in [-0.05, 0) is 32.2 Å². The Hall–Kier alpha value is -1.74. The third kappa shape index (κ3) is 2.78. The molecule has 0 bridgehead atoms. The van der Waals surface area contributed by atoms with Crippen LogP contribution in [0, 0.1) is 0 Å². The number of rotatable bonds is 3. The van der Waals surface area contributed by atoms with E-state index in [2.05, 4.69) is 15.0 Å². The Morgan fingerprint density at radius 1 is 1.26 bits per heavy atom. The van der Waals surface area contributed by atoms with Crippen LogP contribution in [-0.4, -0.2) is 43.5 Å². The number of thioether (sulfide) groups is 1. The molecule has 3 heterocycles. The number of aromatic nitrogens is 3. The third-order valence-electron chi connectivity index (χ3n) is 3.68. The molecule has 1 atom stereocenters. The second kappa shape index (κ2) is 5.72. The van der Waals surface area contributed by atoms with Crippen LogP contribution in [0.3, 0.4) is 0 Å². The number of aliphatic hydroxyl groups is 2. The lowest BCUT2D eigenvalue weighted by Crippen LogP contribution is -2.34. The van der Waals surface area contributed by atoms with Gasteiger partial charge in [0, 0.05) is 13.2 Å². The van der Waals surface area contributed by atoms with Crippen molar-refractivity contribution in [3.8, 4) is 0 Å². The molecule has 0 aromatic carbocycles. The number of anilines is 2. The van der Waals surface area contributed by atoms with E-state index in [1.807, 2.05) is 18.4 Å². The Kier molecular flexibility index (Phi) is 4.01. The van der Waals surface area contributed by atoms with Crippen molar-refractivity contribution in [3.63, 3.8) is 0 Å². The number of hydrogen-bond acceptors (Lipinski definition) is 8. The predicted octanol–water partition coefficient (Wildman–Crippen LogP) is 1.81.